The molecule has 5 rings (SSSR count). The number of hydrogen-bond acceptors (Lipinski definition) is 6. The first-order valence-electron chi connectivity index (χ1n) is 12.7. The molecule has 2 aliphatic rings. The lowest BCUT2D eigenvalue weighted by Gasteiger charge is -2.36. The molecule has 190 valence electrons. The largest absolute Gasteiger partial charge is 0.491 e. The summed E-state index contributed by atoms with van der Waals surface area (Å²) in [6.45, 7) is 7.33. The third-order valence-electron chi connectivity index (χ3n) is 7.16. The van der Waals surface area contributed by atoms with Crippen molar-refractivity contribution in [3.63, 3.8) is 0 Å². The van der Waals surface area contributed by atoms with Gasteiger partial charge in [0.1, 0.15) is 0 Å². The predicted octanol–water partition coefficient (Wildman–Crippen LogP) is 4.27. The first-order chi connectivity index (χ1) is 17.5. The molecule has 4 heterocycles. The minimum Gasteiger partial charge on any atom is -0.491 e. The summed E-state index contributed by atoms with van der Waals surface area (Å²) in [6.07, 6.45) is 7.98. The fraction of sp³-hybridized carbons (Fsp3) is 0.444. The van der Waals surface area contributed by atoms with Gasteiger partial charge in [0.2, 0.25) is 5.95 Å². The normalized spacial score (nSPS) is 16.3. The van der Waals surface area contributed by atoms with Crippen LogP contribution in [-0.2, 0) is 13.0 Å². The number of nitrogens with zero attached hydrogens (tertiary/aromatic N) is 5. The molecule has 1 saturated heterocycles. The summed E-state index contributed by atoms with van der Waals surface area (Å²) in [6, 6.07) is 5.57. The van der Waals surface area contributed by atoms with Gasteiger partial charge in [-0.1, -0.05) is 0 Å². The number of carbonyl (C=O) groups excluding carboxylic acids is 1. The molecule has 2 aliphatic heterocycles. The number of anilines is 2. The van der Waals surface area contributed by atoms with Crippen LogP contribution >= 0.6 is 0 Å². The van der Waals surface area contributed by atoms with E-state index in [1.165, 1.54) is 24.7 Å². The highest BCUT2D eigenvalue weighted by Crippen LogP contribution is 2.36. The molecule has 0 bridgehead atoms. The molecule has 1 aromatic carbocycles. The molecule has 0 saturated carbocycles. The number of nitrogens with one attached hydrogen (secondary N) is 1. The summed E-state index contributed by atoms with van der Waals surface area (Å²) >= 11 is 0. The zero-order valence-electron chi connectivity index (χ0n) is 21.1. The summed E-state index contributed by atoms with van der Waals surface area (Å²) in [7, 11) is 1.85. The van der Waals surface area contributed by atoms with Crippen molar-refractivity contribution >= 4 is 17.5 Å². The molecule has 1 atom stereocenters. The van der Waals surface area contributed by atoms with E-state index in [-0.39, 0.29) is 17.7 Å². The molecule has 0 spiro atoms. The van der Waals surface area contributed by atoms with Gasteiger partial charge < -0.3 is 24.4 Å². The van der Waals surface area contributed by atoms with E-state index in [2.05, 4.69) is 26.3 Å². The van der Waals surface area contributed by atoms with Crippen molar-refractivity contribution in [1.82, 2.24) is 19.4 Å². The van der Waals surface area contributed by atoms with Crippen LogP contribution in [0.25, 0.3) is 0 Å². The summed E-state index contributed by atoms with van der Waals surface area (Å²) in [5.41, 5.74) is 4.71. The lowest BCUT2D eigenvalue weighted by atomic mass is 9.92. The van der Waals surface area contributed by atoms with Crippen LogP contribution in [0.3, 0.4) is 0 Å². The number of pyridine rings is 1. The molecule has 1 fully saturated rings. The molecular weight excluding hydrogens is 459 g/mol. The van der Waals surface area contributed by atoms with Crippen molar-refractivity contribution < 1.29 is 13.9 Å². The smallest absolute Gasteiger partial charge is 0.254 e. The molecule has 1 amide bonds. The Labute approximate surface area is 211 Å². The van der Waals surface area contributed by atoms with Crippen LogP contribution in [-0.4, -0.2) is 58.6 Å². The van der Waals surface area contributed by atoms with Gasteiger partial charge in [-0.25, -0.2) is 9.37 Å². The summed E-state index contributed by atoms with van der Waals surface area (Å²) in [5, 5.41) is 3.12. The number of carbonyl (C=O) groups is 1. The maximum atomic E-state index is 14.1. The van der Waals surface area contributed by atoms with Crippen molar-refractivity contribution in [3.05, 3.63) is 65.0 Å². The number of benzene rings is 1. The van der Waals surface area contributed by atoms with Gasteiger partial charge in [-0.2, -0.15) is 0 Å². The van der Waals surface area contributed by atoms with Crippen molar-refractivity contribution in [2.24, 2.45) is 0 Å². The summed E-state index contributed by atoms with van der Waals surface area (Å²) in [5.74, 6) is 0.432. The zero-order chi connectivity index (χ0) is 25.2. The number of amides is 1. The Balaban J connectivity index is 1.50. The van der Waals surface area contributed by atoms with Gasteiger partial charge in [-0.15, -0.1) is 0 Å². The number of ether oxygens (including phenoxy) is 1. The van der Waals surface area contributed by atoms with E-state index in [1.54, 1.807) is 12.3 Å². The fourth-order valence-electron chi connectivity index (χ4n) is 5.31. The Hall–Kier alpha value is -3.62. The fourth-order valence-corrected chi connectivity index (χ4v) is 5.31. The second-order valence-electron chi connectivity index (χ2n) is 9.36. The highest BCUT2D eigenvalue weighted by Gasteiger charge is 2.33. The second-order valence-corrected chi connectivity index (χ2v) is 9.36. The lowest BCUT2D eigenvalue weighted by molar-refractivity contribution is 0.0668. The Morgan fingerprint density at radius 1 is 1.17 bits per heavy atom. The molecule has 0 unspecified atom stereocenters. The quantitative estimate of drug-likeness (QED) is 0.506. The maximum Gasteiger partial charge on any atom is 0.254 e. The van der Waals surface area contributed by atoms with Crippen molar-refractivity contribution in [2.45, 2.75) is 45.7 Å². The van der Waals surface area contributed by atoms with E-state index in [9.17, 15) is 9.18 Å². The average molecular weight is 493 g/mol. The molecule has 9 heteroatoms. The third kappa shape index (κ3) is 4.50. The minimum absolute atomic E-state index is 0.0189. The van der Waals surface area contributed by atoms with Gasteiger partial charge in [-0.05, 0) is 56.4 Å². The standard InChI is InChI=1S/C27H33FN6O2/c1-4-36-25-15-23(31-16-22(25)28)18(2)34-11-7-20-21(26(34)35)13-19(14-24(20)32-9-5-6-10-32)17-33-12-8-30-27(33)29-3/h8,12-16,18H,4-7,9-11,17H2,1-3H3,(H,29,30)/t18-/m0/s1. The van der Waals surface area contributed by atoms with Gasteiger partial charge in [-0.3, -0.25) is 9.78 Å². The van der Waals surface area contributed by atoms with Gasteiger partial charge in [0, 0.05) is 56.4 Å². The first-order valence-corrected chi connectivity index (χ1v) is 12.7. The molecule has 1 N–H and O–H groups in total. The van der Waals surface area contributed by atoms with E-state index >= 15 is 0 Å². The predicted molar refractivity (Wildman–Crippen MR) is 137 cm³/mol. The van der Waals surface area contributed by atoms with Crippen LogP contribution in [0.2, 0.25) is 0 Å². The second kappa shape index (κ2) is 10.2. The Bertz CT molecular complexity index is 1250. The van der Waals surface area contributed by atoms with Crippen LogP contribution in [0.4, 0.5) is 16.0 Å². The number of rotatable bonds is 8. The van der Waals surface area contributed by atoms with Crippen molar-refractivity contribution in [1.29, 1.82) is 0 Å². The van der Waals surface area contributed by atoms with Gasteiger partial charge in [0.15, 0.2) is 11.6 Å². The minimum atomic E-state index is -0.497. The Kier molecular flexibility index (Phi) is 6.80. The van der Waals surface area contributed by atoms with Gasteiger partial charge in [0.05, 0.1) is 31.1 Å². The SMILES string of the molecule is CCOc1cc([C@H](C)N2CCc3c(cc(Cn4ccnc4NC)cc3N3CCCC3)C2=O)ncc1F. The highest BCUT2D eigenvalue weighted by molar-refractivity contribution is 5.99. The Morgan fingerprint density at radius 3 is 2.72 bits per heavy atom. The molecule has 8 nitrogen and oxygen atoms in total. The number of imidazole rings is 1. The van der Waals surface area contributed by atoms with E-state index in [4.69, 9.17) is 4.74 Å². The van der Waals surface area contributed by atoms with Gasteiger partial charge in [0.25, 0.3) is 5.91 Å². The summed E-state index contributed by atoms with van der Waals surface area (Å²) in [4.78, 5) is 26.8. The average Bonchev–Trinajstić information content (AvgIpc) is 3.57. The zero-order valence-corrected chi connectivity index (χ0v) is 21.1. The first kappa shape index (κ1) is 24.1. The molecular formula is C27H33FN6O2. The van der Waals surface area contributed by atoms with E-state index < -0.39 is 5.82 Å². The molecule has 36 heavy (non-hydrogen) atoms. The maximum absolute atomic E-state index is 14.1. The number of halogens is 1. The summed E-state index contributed by atoms with van der Waals surface area (Å²) < 4.78 is 21.6. The molecule has 3 aromatic rings. The number of hydrogen-bond donors (Lipinski definition) is 1. The Morgan fingerprint density at radius 2 is 1.97 bits per heavy atom. The monoisotopic (exact) mass is 492 g/mol. The lowest BCUT2D eigenvalue weighted by Crippen LogP contribution is -2.40. The van der Waals surface area contributed by atoms with Crippen LogP contribution in [0, 0.1) is 5.82 Å². The van der Waals surface area contributed by atoms with Crippen molar-refractivity contribution in [2.75, 3.05) is 43.5 Å². The van der Waals surface area contributed by atoms with Crippen LogP contribution in [0.1, 0.15) is 59.9 Å². The third-order valence-corrected chi connectivity index (χ3v) is 7.16. The molecule has 0 radical (unpaired) electrons. The number of aromatic nitrogens is 3. The highest BCUT2D eigenvalue weighted by atomic mass is 19.1. The van der Waals surface area contributed by atoms with E-state index in [1.807, 2.05) is 42.6 Å². The van der Waals surface area contributed by atoms with Crippen molar-refractivity contribution in [3.8, 4) is 5.75 Å². The number of fused-ring (bicyclic) bond motifs is 1. The topological polar surface area (TPSA) is 75.5 Å². The van der Waals surface area contributed by atoms with E-state index in [0.717, 1.165) is 42.1 Å². The van der Waals surface area contributed by atoms with Gasteiger partial charge >= 0.3 is 0 Å². The van der Waals surface area contributed by atoms with Crippen LogP contribution < -0.4 is 15.0 Å². The molecule has 2 aromatic heterocycles. The molecule has 0 aliphatic carbocycles. The van der Waals surface area contributed by atoms with Crippen LogP contribution in [0.15, 0.2) is 36.8 Å². The van der Waals surface area contributed by atoms with E-state index in [0.29, 0.717) is 25.4 Å². The van der Waals surface area contributed by atoms with Crippen LogP contribution in [0.5, 0.6) is 5.75 Å².